The maximum Gasteiger partial charge on any atom is 2.00 e. The molecule has 13 heteroatoms. The van der Waals surface area contributed by atoms with E-state index in [0.29, 0.717) is 0 Å². The van der Waals surface area contributed by atoms with Crippen molar-refractivity contribution in [2.24, 2.45) is 0 Å². The van der Waals surface area contributed by atoms with Crippen molar-refractivity contribution in [3.63, 3.8) is 0 Å². The van der Waals surface area contributed by atoms with E-state index in [1.807, 2.05) is 0 Å². The predicted octanol–water partition coefficient (Wildman–Crippen LogP) is -5.72. The first-order valence-electron chi connectivity index (χ1n) is 1.53. The Balaban J connectivity index is -0.0000000267. The van der Waals surface area contributed by atoms with Gasteiger partial charge < -0.3 is 24.7 Å². The molecule has 13 heavy (non-hydrogen) atoms. The van der Waals surface area contributed by atoms with Crippen molar-refractivity contribution in [3.05, 3.63) is 0 Å². The Kier molecular flexibility index (Phi) is 25.7. The zero-order valence-corrected chi connectivity index (χ0v) is 12.2. The summed E-state index contributed by atoms with van der Waals surface area (Å²) in [4.78, 5) is 33.1. The van der Waals surface area contributed by atoms with Crippen LogP contribution in [0.5, 0.6) is 0 Å². The van der Waals surface area contributed by atoms with Crippen molar-refractivity contribution in [1.29, 1.82) is 0 Å². The maximum absolute atomic E-state index is 8.74. The fraction of sp³-hybridized carbons (Fsp3) is 0. The molecule has 0 aliphatic carbocycles. The summed E-state index contributed by atoms with van der Waals surface area (Å²) in [6.07, 6.45) is 0. The molecule has 0 amide bonds. The molecule has 0 aromatic heterocycles. The Morgan fingerprint density at radius 3 is 1.08 bits per heavy atom. The van der Waals surface area contributed by atoms with Gasteiger partial charge in [0, 0.05) is 0 Å². The molecule has 83 valence electrons. The fourth-order valence-corrected chi connectivity index (χ4v) is 0. The normalized spacial score (nSPS) is 9.08. The summed E-state index contributed by atoms with van der Waals surface area (Å²) in [5, 5.41) is 0. The van der Waals surface area contributed by atoms with Crippen LogP contribution in [-0.2, 0) is 27.5 Å². The molecule has 4 N–H and O–H groups in total. The van der Waals surface area contributed by atoms with Crippen LogP contribution in [0, 0.1) is 0 Å². The van der Waals surface area contributed by atoms with Crippen molar-refractivity contribution in [3.8, 4) is 0 Å². The van der Waals surface area contributed by atoms with Gasteiger partial charge >= 0.3 is 54.8 Å². The molecular formula is H4CuO9PbSSi. The first-order valence-corrected chi connectivity index (χ1v) is 4.60. The molecule has 0 rings (SSSR count). The van der Waals surface area contributed by atoms with Crippen LogP contribution in [0.2, 0.25) is 0 Å². The van der Waals surface area contributed by atoms with Gasteiger partial charge in [-0.25, -0.2) is 0 Å². The number of hydrogen-bond donors (Lipinski definition) is 3. The second kappa shape index (κ2) is 11.4. The molecule has 0 spiro atoms. The van der Waals surface area contributed by atoms with Gasteiger partial charge in [0.1, 0.15) is 0 Å². The summed E-state index contributed by atoms with van der Waals surface area (Å²) in [7, 11) is -10.0. The third kappa shape index (κ3) is 969. The van der Waals surface area contributed by atoms with Gasteiger partial charge in [-0.1, -0.05) is 0 Å². The Morgan fingerprint density at radius 1 is 1.08 bits per heavy atom. The molecule has 3 radical (unpaired) electrons. The van der Waals surface area contributed by atoms with Gasteiger partial charge in [-0.3, -0.25) is 9.11 Å². The average Bonchev–Trinajstić information content (AvgIpc) is 1.12. The van der Waals surface area contributed by atoms with Gasteiger partial charge in [0.25, 0.3) is 0 Å². The molecule has 0 fully saturated rings. The van der Waals surface area contributed by atoms with Gasteiger partial charge in [0.15, 0.2) is 0 Å². The predicted molar refractivity (Wildman–Crippen MR) is 29.8 cm³/mol. The third-order valence-corrected chi connectivity index (χ3v) is 0. The summed E-state index contributed by atoms with van der Waals surface area (Å²) in [6.45, 7) is 0. The molecule has 0 aliphatic heterocycles. The van der Waals surface area contributed by atoms with Crippen LogP contribution < -0.4 is 14.4 Å². The number of hydrogen-bond acceptors (Lipinski definition) is 7. The molecule has 0 saturated carbocycles. The quantitative estimate of drug-likeness (QED) is 0.224. The zero-order chi connectivity index (χ0) is 9.00. The molecule has 0 aromatic carbocycles. The van der Waals surface area contributed by atoms with Crippen molar-refractivity contribution >= 4 is 46.7 Å². The molecule has 0 saturated heterocycles. The van der Waals surface area contributed by atoms with Crippen molar-refractivity contribution in [2.75, 3.05) is 0 Å². The van der Waals surface area contributed by atoms with Crippen LogP contribution in [0.4, 0.5) is 0 Å². The van der Waals surface area contributed by atoms with Crippen LogP contribution >= 0.6 is 0 Å². The molecule has 0 aromatic rings. The Hall–Kier alpha value is 1.33. The number of rotatable bonds is 0. The standard InChI is InChI=1S/Cu.H2O4S.HO4Si.H2O.Pb/c;2*1-5(2,3)4;;/h;(H2,1,2,3,4);1H;1H2;/q+2;;-3;;+2/p-1. The van der Waals surface area contributed by atoms with Crippen LogP contribution in [0.3, 0.4) is 0 Å². The molecule has 0 bridgehead atoms. The van der Waals surface area contributed by atoms with Gasteiger partial charge in [-0.05, 0) is 0 Å². The molecule has 9 nitrogen and oxygen atoms in total. The smallest absolute Gasteiger partial charge is 0.870 e. The van der Waals surface area contributed by atoms with Gasteiger partial charge in [-0.2, -0.15) is 8.42 Å². The summed E-state index contributed by atoms with van der Waals surface area (Å²) in [5.74, 6) is 0. The molecule has 0 heterocycles. The molecule has 0 aliphatic rings. The van der Waals surface area contributed by atoms with Crippen LogP contribution in [-0.4, -0.2) is 64.1 Å². The SMILES string of the molecule is O=S(=O)(O)O.[Cu+2].[O-][Si]([O-])([O-])O.[OH-].[Pb+2]. The Morgan fingerprint density at radius 2 is 1.08 bits per heavy atom. The summed E-state index contributed by atoms with van der Waals surface area (Å²) < 4.78 is 31.6. The summed E-state index contributed by atoms with van der Waals surface area (Å²) in [5.41, 5.74) is 0. The Labute approximate surface area is 105 Å². The van der Waals surface area contributed by atoms with E-state index >= 15 is 0 Å². The van der Waals surface area contributed by atoms with E-state index in [1.165, 1.54) is 0 Å². The Bertz CT molecular complexity index is 155. The minimum Gasteiger partial charge on any atom is -0.870 e. The van der Waals surface area contributed by atoms with Crippen molar-refractivity contribution in [2.45, 2.75) is 0 Å². The van der Waals surface area contributed by atoms with E-state index in [9.17, 15) is 0 Å². The second-order valence-electron chi connectivity index (χ2n) is 0.972. The third-order valence-electron chi connectivity index (χ3n) is 0. The zero-order valence-electron chi connectivity index (χ0n) is 5.54. The molecular weight excluding hydrogens is 475 g/mol. The average molecular weight is 479 g/mol. The van der Waals surface area contributed by atoms with E-state index < -0.39 is 19.4 Å². The summed E-state index contributed by atoms with van der Waals surface area (Å²) in [6, 6.07) is 0. The minimum absolute atomic E-state index is 0. The second-order valence-corrected chi connectivity index (χ2v) is 2.92. The minimum atomic E-state index is -5.36. The maximum atomic E-state index is 8.74. The monoisotopic (exact) mass is 479 g/mol. The van der Waals surface area contributed by atoms with Gasteiger partial charge in [0.2, 0.25) is 0 Å². The summed E-state index contributed by atoms with van der Waals surface area (Å²) >= 11 is 0. The van der Waals surface area contributed by atoms with E-state index in [-0.39, 0.29) is 49.8 Å². The van der Waals surface area contributed by atoms with Crippen LogP contribution in [0.1, 0.15) is 0 Å². The molecule has 0 unspecified atom stereocenters. The van der Waals surface area contributed by atoms with E-state index in [2.05, 4.69) is 0 Å². The van der Waals surface area contributed by atoms with E-state index in [0.717, 1.165) is 0 Å². The fourth-order valence-electron chi connectivity index (χ4n) is 0. The first-order chi connectivity index (χ1) is 4.00. The van der Waals surface area contributed by atoms with Crippen LogP contribution in [0.15, 0.2) is 0 Å². The van der Waals surface area contributed by atoms with Gasteiger partial charge in [0.05, 0.1) is 0 Å². The largest absolute Gasteiger partial charge is 2.00 e. The van der Waals surface area contributed by atoms with Crippen LogP contribution in [0.25, 0.3) is 0 Å². The van der Waals surface area contributed by atoms with E-state index in [1.54, 1.807) is 0 Å². The van der Waals surface area contributed by atoms with Crippen molar-refractivity contribution in [1.82, 2.24) is 0 Å². The topological polar surface area (TPSA) is 194 Å². The first kappa shape index (κ1) is 29.3. The van der Waals surface area contributed by atoms with E-state index in [4.69, 9.17) is 36.7 Å². The van der Waals surface area contributed by atoms with Crippen molar-refractivity contribution < 1.29 is 59.3 Å². The van der Waals surface area contributed by atoms with Gasteiger partial charge in [-0.15, -0.1) is 9.05 Å². The molecule has 0 atom stereocenters.